The predicted octanol–water partition coefficient (Wildman–Crippen LogP) is 1.21. The van der Waals surface area contributed by atoms with E-state index < -0.39 is 0 Å². The summed E-state index contributed by atoms with van der Waals surface area (Å²) in [6, 6.07) is 0. The summed E-state index contributed by atoms with van der Waals surface area (Å²) in [6.07, 6.45) is 2.00. The molecular weight excluding hydrogens is 658 g/mol. The molecule has 0 fully saturated rings. The molecule has 0 amide bonds. The van der Waals surface area contributed by atoms with Crippen LogP contribution in [-0.2, 0) is 229 Å². The van der Waals surface area contributed by atoms with Crippen molar-refractivity contribution in [1.82, 2.24) is 0 Å². The Morgan fingerprint density at radius 3 is 0.500 bits per heavy atom. The topological polar surface area (TPSA) is 0 Å². The third-order valence-corrected chi connectivity index (χ3v) is 0. The normalized spacial score (nSPS) is 1.80. The Balaban J connectivity index is -0.000000000952. The molecule has 0 spiro atoms. The van der Waals surface area contributed by atoms with E-state index in [1.54, 1.807) is 0 Å². The van der Waals surface area contributed by atoms with Gasteiger partial charge in [0.1, 0.15) is 0 Å². The summed E-state index contributed by atoms with van der Waals surface area (Å²) in [5.74, 6) is 0. The molecule has 41 valence electrons. The van der Waals surface area contributed by atoms with Gasteiger partial charge in [-0.1, -0.05) is 0 Å². The Bertz CT molecular complexity index is 8.81. The van der Waals surface area contributed by atoms with Crippen LogP contribution in [0.5, 0.6) is 0 Å². The zero-order valence-electron chi connectivity index (χ0n) is 6.62. The Hall–Kier alpha value is 7.73. The fourth-order valence-corrected chi connectivity index (χ4v) is 0. The molecule has 0 unspecified atom stereocenters. The standard InChI is InChI=1S/C3H7.7Y/c1-3-2;;;;;;;/h3H,1-2H3;;;;;;;/q-1;;;;;;;. The molecule has 0 heterocycles. The molecule has 0 aliphatic rings. The minimum absolute atomic E-state index is 0. The summed E-state index contributed by atoms with van der Waals surface area (Å²) in [5, 5.41) is 0. The van der Waals surface area contributed by atoms with E-state index in [2.05, 4.69) is 0 Å². The third kappa shape index (κ3) is 57.1. The van der Waals surface area contributed by atoms with Crippen molar-refractivity contribution >= 4 is 0 Å². The fraction of sp³-hybridized carbons (Fsp3) is 0.667. The molecule has 0 atom stereocenters. The van der Waals surface area contributed by atoms with Crippen molar-refractivity contribution in [2.24, 2.45) is 0 Å². The van der Waals surface area contributed by atoms with Crippen molar-refractivity contribution in [2.75, 3.05) is 0 Å². The Morgan fingerprint density at radius 1 is 0.500 bits per heavy atom. The van der Waals surface area contributed by atoms with Gasteiger partial charge in [0.25, 0.3) is 0 Å². The molecule has 0 aromatic rings. The summed E-state index contributed by atoms with van der Waals surface area (Å²) in [5.41, 5.74) is 0. The van der Waals surface area contributed by atoms with Crippen LogP contribution >= 0.6 is 0 Å². The Kier molecular flexibility index (Phi) is 285. The number of hydrogen-bond donors (Lipinski definition) is 0. The van der Waals surface area contributed by atoms with Crippen LogP contribution in [0.15, 0.2) is 0 Å². The van der Waals surface area contributed by atoms with Crippen LogP contribution in [-0.4, -0.2) is 0 Å². The second kappa shape index (κ2) is 54.3. The van der Waals surface area contributed by atoms with E-state index >= 15 is 0 Å². The maximum Gasteiger partial charge on any atom is 0 e. The van der Waals surface area contributed by atoms with Gasteiger partial charge in [0.05, 0.1) is 0 Å². The summed E-state index contributed by atoms with van der Waals surface area (Å²) in [4.78, 5) is 0. The molecule has 0 bridgehead atoms. The van der Waals surface area contributed by atoms with Gasteiger partial charge in [-0.3, -0.25) is 0 Å². The van der Waals surface area contributed by atoms with E-state index in [4.69, 9.17) is 0 Å². The van der Waals surface area contributed by atoms with E-state index in [0.717, 1.165) is 0 Å². The second-order valence-corrected chi connectivity index (χ2v) is 0.577. The number of rotatable bonds is 0. The van der Waals surface area contributed by atoms with Crippen LogP contribution in [0.25, 0.3) is 0 Å². The first-order valence-electron chi connectivity index (χ1n) is 1.15. The van der Waals surface area contributed by atoms with E-state index in [1.807, 2.05) is 20.3 Å². The molecule has 0 N–H and O–H groups in total. The summed E-state index contributed by atoms with van der Waals surface area (Å²) in [6.45, 7) is 4.00. The largest absolute Gasteiger partial charge is 0.335 e. The van der Waals surface area contributed by atoms with Gasteiger partial charge in [-0.15, -0.1) is 0 Å². The van der Waals surface area contributed by atoms with Gasteiger partial charge in [-0.2, -0.15) is 13.8 Å². The molecule has 0 saturated heterocycles. The van der Waals surface area contributed by atoms with Crippen LogP contribution in [0.1, 0.15) is 13.8 Å². The molecule has 7 heteroatoms. The summed E-state index contributed by atoms with van der Waals surface area (Å²) in [7, 11) is 0. The SMILES string of the molecule is C[CH-]C.[Y].[Y].[Y].[Y].[Y].[Y].[Y]. The van der Waals surface area contributed by atoms with Crippen molar-refractivity contribution in [3.05, 3.63) is 6.42 Å². The minimum atomic E-state index is 0. The van der Waals surface area contributed by atoms with Gasteiger partial charge in [0.15, 0.2) is 0 Å². The molecule has 0 aliphatic heterocycles. The van der Waals surface area contributed by atoms with Crippen molar-refractivity contribution in [1.29, 1.82) is 0 Å². The first-order chi connectivity index (χ1) is 1.41. The molecule has 10 heavy (non-hydrogen) atoms. The van der Waals surface area contributed by atoms with Crippen molar-refractivity contribution in [2.45, 2.75) is 13.8 Å². The maximum atomic E-state index is 2.00. The third-order valence-electron chi connectivity index (χ3n) is 0. The quantitative estimate of drug-likeness (QED) is 0.342. The molecule has 0 aliphatic carbocycles. The Morgan fingerprint density at radius 2 is 0.500 bits per heavy atom. The molecule has 0 saturated carbocycles. The molecule has 0 rings (SSSR count). The van der Waals surface area contributed by atoms with Crippen molar-refractivity contribution in [3.8, 4) is 0 Å². The van der Waals surface area contributed by atoms with E-state index in [0.29, 0.717) is 0 Å². The first-order valence-corrected chi connectivity index (χ1v) is 1.15. The zero-order valence-corrected chi connectivity index (χ0v) is 26.5. The van der Waals surface area contributed by atoms with Gasteiger partial charge < -0.3 is 6.42 Å². The molecule has 7 radical (unpaired) electrons. The van der Waals surface area contributed by atoms with E-state index in [9.17, 15) is 0 Å². The predicted molar refractivity (Wildman–Crippen MR) is 15.6 cm³/mol. The minimum Gasteiger partial charge on any atom is -0.335 e. The zero-order chi connectivity index (χ0) is 2.71. The smallest absolute Gasteiger partial charge is 0 e. The van der Waals surface area contributed by atoms with Crippen LogP contribution in [0, 0.1) is 6.42 Å². The van der Waals surface area contributed by atoms with Crippen LogP contribution in [0.4, 0.5) is 0 Å². The second-order valence-electron chi connectivity index (χ2n) is 0.577. The van der Waals surface area contributed by atoms with Crippen LogP contribution < -0.4 is 0 Å². The maximum absolute atomic E-state index is 2.00. The van der Waals surface area contributed by atoms with Crippen LogP contribution in [0.2, 0.25) is 0 Å². The Labute approximate surface area is 241 Å². The average molecular weight is 665 g/mol. The van der Waals surface area contributed by atoms with Gasteiger partial charge >= 0.3 is 0 Å². The summed E-state index contributed by atoms with van der Waals surface area (Å²) < 4.78 is 0. The average Bonchev–Trinajstić information content (AvgIpc) is 0.918. The summed E-state index contributed by atoms with van der Waals surface area (Å²) >= 11 is 0. The van der Waals surface area contributed by atoms with E-state index in [-0.39, 0.29) is 229 Å². The molecule has 0 nitrogen and oxygen atoms in total. The van der Waals surface area contributed by atoms with Crippen molar-refractivity contribution in [3.63, 3.8) is 0 Å². The molecule has 0 aromatic carbocycles. The molecule has 0 aromatic heterocycles. The fourth-order valence-electron chi connectivity index (χ4n) is 0. The van der Waals surface area contributed by atoms with Crippen molar-refractivity contribution < 1.29 is 229 Å². The van der Waals surface area contributed by atoms with Gasteiger partial charge in [0.2, 0.25) is 0 Å². The molecular formula is C3H7Y7-. The number of hydrogen-bond acceptors (Lipinski definition) is 0. The van der Waals surface area contributed by atoms with Gasteiger partial charge in [-0.25, -0.2) is 0 Å². The first kappa shape index (κ1) is 52.4. The van der Waals surface area contributed by atoms with E-state index in [1.165, 1.54) is 0 Å². The van der Waals surface area contributed by atoms with Gasteiger partial charge in [0, 0.05) is 229 Å². The van der Waals surface area contributed by atoms with Crippen LogP contribution in [0.3, 0.4) is 0 Å². The van der Waals surface area contributed by atoms with Gasteiger partial charge in [-0.05, 0) is 0 Å². The monoisotopic (exact) mass is 665 g/mol.